The molecule has 1 saturated heterocycles. The fourth-order valence-corrected chi connectivity index (χ4v) is 4.29. The number of nitriles is 1. The van der Waals surface area contributed by atoms with E-state index in [0.717, 1.165) is 44.7 Å². The van der Waals surface area contributed by atoms with Gasteiger partial charge in [0.2, 0.25) is 0 Å². The number of likely N-dealkylation sites (tertiary alicyclic amines) is 1. The highest BCUT2D eigenvalue weighted by atomic mass is 35.7. The first-order valence-electron chi connectivity index (χ1n) is 9.16. The van der Waals surface area contributed by atoms with E-state index in [9.17, 15) is 10.1 Å². The monoisotopic (exact) mass is 414 g/mol. The summed E-state index contributed by atoms with van der Waals surface area (Å²) in [6.07, 6.45) is 3.78. The lowest BCUT2D eigenvalue weighted by Crippen LogP contribution is -2.47. The summed E-state index contributed by atoms with van der Waals surface area (Å²) in [6.45, 7) is 2.46. The molecule has 2 amide bonds. The number of amides is 2. The van der Waals surface area contributed by atoms with Crippen molar-refractivity contribution >= 4 is 33.3 Å². The van der Waals surface area contributed by atoms with E-state index in [1.165, 1.54) is 0 Å². The third kappa shape index (κ3) is 3.75. The summed E-state index contributed by atoms with van der Waals surface area (Å²) < 4.78 is 5.00. The second-order valence-corrected chi connectivity index (χ2v) is 8.01. The minimum absolute atomic E-state index is 0.0490. The molecule has 2 aliphatic heterocycles. The van der Waals surface area contributed by atoms with E-state index in [-0.39, 0.29) is 6.03 Å². The summed E-state index contributed by atoms with van der Waals surface area (Å²) in [6, 6.07) is 10.1. The van der Waals surface area contributed by atoms with Gasteiger partial charge in [-0.2, -0.15) is 5.26 Å². The Morgan fingerprint density at radius 2 is 1.86 bits per heavy atom. The number of allylic oxidation sites excluding steroid dienone is 1. The average Bonchev–Trinajstić information content (AvgIpc) is 3.22. The number of benzene rings is 1. The Bertz CT molecular complexity index is 938. The van der Waals surface area contributed by atoms with Crippen LogP contribution in [-0.2, 0) is 13.0 Å². The van der Waals surface area contributed by atoms with Crippen LogP contribution in [0, 0.1) is 11.3 Å². The summed E-state index contributed by atoms with van der Waals surface area (Å²) in [5.41, 5.74) is 4.67. The molecule has 144 valence electrons. The Morgan fingerprint density at radius 1 is 1.14 bits per heavy atom. The lowest BCUT2D eigenvalue weighted by Gasteiger charge is -2.35. The van der Waals surface area contributed by atoms with Gasteiger partial charge in [0, 0.05) is 36.5 Å². The summed E-state index contributed by atoms with van der Waals surface area (Å²) in [7, 11) is 6.92. The lowest BCUT2D eigenvalue weighted by atomic mass is 9.94. The third-order valence-electron chi connectivity index (χ3n) is 5.31. The number of carbonyl (C=O) groups excluding carboxylic acids is 1. The zero-order chi connectivity index (χ0) is 19.5. The fraction of sp³-hybridized carbons (Fsp3) is 0.350. The van der Waals surface area contributed by atoms with E-state index in [0.29, 0.717) is 44.6 Å². The largest absolute Gasteiger partial charge is 0.364 e. The van der Waals surface area contributed by atoms with E-state index in [2.05, 4.69) is 11.2 Å². The van der Waals surface area contributed by atoms with Crippen molar-refractivity contribution in [1.82, 2.24) is 15.0 Å². The molecule has 0 radical (unpaired) electrons. The highest BCUT2D eigenvalue weighted by Gasteiger charge is 2.29. The van der Waals surface area contributed by atoms with Gasteiger partial charge in [-0.3, -0.25) is 0 Å². The molecule has 0 saturated carbocycles. The van der Waals surface area contributed by atoms with Crippen molar-refractivity contribution in [3.8, 4) is 6.07 Å². The van der Waals surface area contributed by atoms with Crippen LogP contribution in [0.3, 0.4) is 0 Å². The summed E-state index contributed by atoms with van der Waals surface area (Å²) >= 11 is 0. The van der Waals surface area contributed by atoms with E-state index in [1.54, 1.807) is 6.26 Å². The Balaban J connectivity index is 1.42. The molecular formula is C20H19ClN4O2S. The molecular weight excluding hydrogens is 396 g/mol. The van der Waals surface area contributed by atoms with Crippen LogP contribution in [0.15, 0.2) is 45.5 Å². The number of halogens is 1. The quantitative estimate of drug-likeness (QED) is 0.677. The van der Waals surface area contributed by atoms with Crippen molar-refractivity contribution in [1.29, 1.82) is 5.26 Å². The van der Waals surface area contributed by atoms with E-state index in [1.807, 2.05) is 34.1 Å². The minimum atomic E-state index is 0.0490. The minimum Gasteiger partial charge on any atom is -0.364 e. The first-order chi connectivity index (χ1) is 13.7. The maximum absolute atomic E-state index is 12.9. The van der Waals surface area contributed by atoms with Gasteiger partial charge in [-0.25, -0.2) is 4.79 Å². The fourth-order valence-electron chi connectivity index (χ4n) is 3.74. The van der Waals surface area contributed by atoms with Gasteiger partial charge in [0.25, 0.3) is 0 Å². The van der Waals surface area contributed by atoms with Gasteiger partial charge in [0.1, 0.15) is 6.26 Å². The van der Waals surface area contributed by atoms with Crippen LogP contribution in [0.25, 0.3) is 5.57 Å². The number of aromatic nitrogens is 1. The number of hydrogen-bond acceptors (Lipinski definition) is 5. The molecule has 0 unspecified atom stereocenters. The predicted molar refractivity (Wildman–Crippen MR) is 108 cm³/mol. The molecule has 0 atom stereocenters. The van der Waals surface area contributed by atoms with Crippen molar-refractivity contribution < 1.29 is 9.32 Å². The zero-order valence-electron chi connectivity index (χ0n) is 15.2. The number of fused-ring (bicyclic) bond motifs is 1. The maximum atomic E-state index is 12.9. The molecule has 28 heavy (non-hydrogen) atoms. The van der Waals surface area contributed by atoms with Crippen molar-refractivity contribution in [2.45, 2.75) is 30.7 Å². The molecule has 6 nitrogen and oxygen atoms in total. The van der Waals surface area contributed by atoms with Gasteiger partial charge in [-0.05, 0) is 57.8 Å². The van der Waals surface area contributed by atoms with Crippen molar-refractivity contribution in [2.75, 3.05) is 19.6 Å². The van der Waals surface area contributed by atoms with Crippen LogP contribution >= 0.6 is 21.7 Å². The van der Waals surface area contributed by atoms with E-state index in [4.69, 9.17) is 15.2 Å². The number of urea groups is 1. The molecule has 1 fully saturated rings. The number of hydrogen-bond donors (Lipinski definition) is 0. The highest BCUT2D eigenvalue weighted by Crippen LogP contribution is 2.29. The van der Waals surface area contributed by atoms with Gasteiger partial charge >= 0.3 is 6.03 Å². The number of carbonyl (C=O) groups is 1. The Morgan fingerprint density at radius 3 is 2.54 bits per heavy atom. The molecule has 0 bridgehead atoms. The number of piperidine rings is 1. The highest BCUT2D eigenvalue weighted by molar-refractivity contribution is 8.21. The molecule has 1 aromatic carbocycles. The predicted octanol–water partition coefficient (Wildman–Crippen LogP) is 4.47. The Labute approximate surface area is 172 Å². The second-order valence-electron chi connectivity index (χ2n) is 6.92. The van der Waals surface area contributed by atoms with E-state index >= 15 is 0 Å². The maximum Gasteiger partial charge on any atom is 0.320 e. The second kappa shape index (κ2) is 8.29. The summed E-state index contributed by atoms with van der Waals surface area (Å²) in [5, 5.41) is 13.6. The first kappa shape index (κ1) is 18.9. The van der Waals surface area contributed by atoms with Crippen molar-refractivity contribution in [3.05, 3.63) is 52.9 Å². The average molecular weight is 415 g/mol. The van der Waals surface area contributed by atoms with Crippen molar-refractivity contribution in [3.63, 3.8) is 0 Å². The normalized spacial score (nSPS) is 16.5. The molecule has 3 heterocycles. The van der Waals surface area contributed by atoms with Crippen LogP contribution in [0.5, 0.6) is 0 Å². The standard InChI is InChI=1S/C20H19ClN4O2S/c21-28-17-3-1-14(2-4-17)18(11-22)15-5-8-24(9-6-15)20(26)25-10-7-19-16(12-25)13-27-23-19/h1-4,13H,5-10,12H2. The van der Waals surface area contributed by atoms with Crippen LogP contribution in [0.2, 0.25) is 0 Å². The van der Waals surface area contributed by atoms with Gasteiger partial charge in [0.15, 0.2) is 0 Å². The molecule has 4 rings (SSSR count). The third-order valence-corrected chi connectivity index (χ3v) is 6.30. The summed E-state index contributed by atoms with van der Waals surface area (Å²) in [5.74, 6) is 0. The van der Waals surface area contributed by atoms with Gasteiger partial charge in [-0.15, -0.1) is 0 Å². The molecule has 2 aliphatic rings. The topological polar surface area (TPSA) is 73.4 Å². The molecule has 8 heteroatoms. The molecule has 1 aromatic heterocycles. The smallest absolute Gasteiger partial charge is 0.320 e. The van der Waals surface area contributed by atoms with Gasteiger partial charge in [-0.1, -0.05) is 17.3 Å². The summed E-state index contributed by atoms with van der Waals surface area (Å²) in [4.78, 5) is 17.6. The van der Waals surface area contributed by atoms with E-state index < -0.39 is 0 Å². The van der Waals surface area contributed by atoms with Crippen LogP contribution < -0.4 is 0 Å². The lowest BCUT2D eigenvalue weighted by molar-refractivity contribution is 0.144. The molecule has 0 aliphatic carbocycles. The zero-order valence-corrected chi connectivity index (χ0v) is 16.8. The van der Waals surface area contributed by atoms with Crippen LogP contribution in [0.1, 0.15) is 29.7 Å². The van der Waals surface area contributed by atoms with Gasteiger partial charge in [0.05, 0.1) is 23.9 Å². The van der Waals surface area contributed by atoms with Gasteiger partial charge < -0.3 is 14.3 Å². The molecule has 2 aromatic rings. The van der Waals surface area contributed by atoms with Crippen molar-refractivity contribution in [2.24, 2.45) is 0 Å². The first-order valence-corrected chi connectivity index (χ1v) is 10.8. The Kier molecular flexibility index (Phi) is 5.60. The molecule has 0 spiro atoms. The number of nitrogens with zero attached hydrogens (tertiary/aromatic N) is 4. The number of rotatable bonds is 2. The van der Waals surface area contributed by atoms with Crippen LogP contribution in [-0.4, -0.2) is 40.6 Å². The van der Waals surface area contributed by atoms with Crippen LogP contribution in [0.4, 0.5) is 4.79 Å². The molecule has 0 N–H and O–H groups in total. The Hall–Kier alpha value is -2.43. The SMILES string of the molecule is N#CC(=C1CCN(C(=O)N2CCc3nocc3C2)CC1)c1ccc(SCl)cc1.